The zero-order valence-corrected chi connectivity index (χ0v) is 13.7. The van der Waals surface area contributed by atoms with Crippen LogP contribution in [-0.2, 0) is 11.3 Å². The number of carbonyl (C=O) groups is 1. The molecule has 1 aliphatic heterocycles. The Kier molecular flexibility index (Phi) is 5.89. The highest BCUT2D eigenvalue weighted by atomic mass is 16.1. The fourth-order valence-electron chi connectivity index (χ4n) is 2.37. The van der Waals surface area contributed by atoms with Crippen LogP contribution in [0.1, 0.15) is 24.2 Å². The van der Waals surface area contributed by atoms with Gasteiger partial charge in [0.1, 0.15) is 0 Å². The first-order valence-electron chi connectivity index (χ1n) is 7.73. The third-order valence-electron chi connectivity index (χ3n) is 3.47. The summed E-state index contributed by atoms with van der Waals surface area (Å²) in [7, 11) is 3.93. The van der Waals surface area contributed by atoms with Gasteiger partial charge in [0.05, 0.1) is 12.2 Å². The van der Waals surface area contributed by atoms with Crippen LogP contribution >= 0.6 is 0 Å². The molecule has 1 saturated heterocycles. The normalized spacial score (nSPS) is 15.0. The second-order valence-electron chi connectivity index (χ2n) is 5.88. The van der Waals surface area contributed by atoms with Crippen LogP contribution in [0.3, 0.4) is 0 Å². The minimum Gasteiger partial charge on any atom is -0.347 e. The molecule has 0 spiro atoms. The molecule has 1 amide bonds. The summed E-state index contributed by atoms with van der Waals surface area (Å²) in [5.74, 6) is 0.686. The molecule has 2 rings (SSSR count). The quantitative estimate of drug-likeness (QED) is 0.798. The van der Waals surface area contributed by atoms with E-state index in [1.54, 1.807) is 6.08 Å². The van der Waals surface area contributed by atoms with E-state index in [0.717, 1.165) is 37.0 Å². The van der Waals surface area contributed by atoms with Gasteiger partial charge in [-0.25, -0.2) is 9.97 Å². The Labute approximate surface area is 132 Å². The van der Waals surface area contributed by atoms with Gasteiger partial charge >= 0.3 is 0 Å². The first kappa shape index (κ1) is 16.4. The van der Waals surface area contributed by atoms with Crippen molar-refractivity contribution in [1.82, 2.24) is 20.2 Å². The Morgan fingerprint density at radius 2 is 2.09 bits per heavy atom. The van der Waals surface area contributed by atoms with Crippen molar-refractivity contribution in [2.45, 2.75) is 26.3 Å². The largest absolute Gasteiger partial charge is 0.347 e. The van der Waals surface area contributed by atoms with E-state index in [1.807, 2.05) is 38.1 Å². The van der Waals surface area contributed by atoms with Crippen LogP contribution in [0.5, 0.6) is 0 Å². The van der Waals surface area contributed by atoms with Gasteiger partial charge < -0.3 is 15.1 Å². The Balaban J connectivity index is 1.92. The van der Waals surface area contributed by atoms with Gasteiger partial charge in [-0.1, -0.05) is 6.08 Å². The Bertz CT molecular complexity index is 535. The summed E-state index contributed by atoms with van der Waals surface area (Å²) in [6.45, 7) is 5.17. The molecule has 6 nitrogen and oxygen atoms in total. The average Bonchev–Trinajstić information content (AvgIpc) is 2.98. The monoisotopic (exact) mass is 303 g/mol. The standard InChI is InChI=1S/C16H25N5O/c1-13-11-14(12-17-15(22)7-6-8-20(2)3)19-16(18-13)21-9-4-5-10-21/h6-7,11H,4-5,8-10,12H2,1-3H3,(H,17,22)/b7-6+. The van der Waals surface area contributed by atoms with Crippen LogP contribution in [0.2, 0.25) is 0 Å². The molecule has 0 saturated carbocycles. The van der Waals surface area contributed by atoms with Gasteiger partial charge in [-0.05, 0) is 39.9 Å². The number of aromatic nitrogens is 2. The highest BCUT2D eigenvalue weighted by Crippen LogP contribution is 2.16. The first-order chi connectivity index (χ1) is 10.5. The van der Waals surface area contributed by atoms with Gasteiger partial charge in [-0.15, -0.1) is 0 Å². The van der Waals surface area contributed by atoms with Crippen LogP contribution in [0, 0.1) is 6.92 Å². The SMILES string of the molecule is Cc1cc(CNC(=O)/C=C/CN(C)C)nc(N2CCCC2)n1. The molecule has 0 radical (unpaired) electrons. The van der Waals surface area contributed by atoms with E-state index in [9.17, 15) is 4.79 Å². The Morgan fingerprint density at radius 1 is 1.36 bits per heavy atom. The van der Waals surface area contributed by atoms with E-state index in [2.05, 4.69) is 20.2 Å². The van der Waals surface area contributed by atoms with Crippen LogP contribution in [0.25, 0.3) is 0 Å². The summed E-state index contributed by atoms with van der Waals surface area (Å²) < 4.78 is 0. The van der Waals surface area contributed by atoms with Crippen LogP contribution in [0.15, 0.2) is 18.2 Å². The maximum absolute atomic E-state index is 11.8. The number of hydrogen-bond donors (Lipinski definition) is 1. The molecule has 120 valence electrons. The zero-order chi connectivity index (χ0) is 15.9. The number of aryl methyl sites for hydroxylation is 1. The molecule has 1 aromatic heterocycles. The number of anilines is 1. The van der Waals surface area contributed by atoms with E-state index in [1.165, 1.54) is 12.8 Å². The third kappa shape index (κ3) is 5.11. The van der Waals surface area contributed by atoms with E-state index < -0.39 is 0 Å². The lowest BCUT2D eigenvalue weighted by molar-refractivity contribution is -0.116. The van der Waals surface area contributed by atoms with Gasteiger partial charge in [0.25, 0.3) is 0 Å². The maximum atomic E-state index is 11.8. The molecular formula is C16H25N5O. The predicted molar refractivity (Wildman–Crippen MR) is 87.8 cm³/mol. The molecule has 22 heavy (non-hydrogen) atoms. The van der Waals surface area contributed by atoms with Crippen molar-refractivity contribution in [3.05, 3.63) is 29.6 Å². The third-order valence-corrected chi connectivity index (χ3v) is 3.47. The molecule has 1 fully saturated rings. The fourth-order valence-corrected chi connectivity index (χ4v) is 2.37. The smallest absolute Gasteiger partial charge is 0.244 e. The lowest BCUT2D eigenvalue weighted by Gasteiger charge is -2.16. The molecule has 0 aromatic carbocycles. The van der Waals surface area contributed by atoms with Gasteiger partial charge in [-0.2, -0.15) is 0 Å². The van der Waals surface area contributed by atoms with Crippen LogP contribution < -0.4 is 10.2 Å². The molecular weight excluding hydrogens is 278 g/mol. The lowest BCUT2D eigenvalue weighted by atomic mass is 10.3. The van der Waals surface area contributed by atoms with Crippen molar-refractivity contribution in [3.8, 4) is 0 Å². The van der Waals surface area contributed by atoms with E-state index in [-0.39, 0.29) is 5.91 Å². The number of likely N-dealkylation sites (N-methyl/N-ethyl adjacent to an activating group) is 1. The van der Waals surface area contributed by atoms with E-state index in [4.69, 9.17) is 0 Å². The molecule has 1 aliphatic rings. The van der Waals surface area contributed by atoms with Crippen molar-refractivity contribution < 1.29 is 4.79 Å². The second-order valence-corrected chi connectivity index (χ2v) is 5.88. The molecule has 1 aromatic rings. The predicted octanol–water partition coefficient (Wildman–Crippen LogP) is 1.12. The summed E-state index contributed by atoms with van der Waals surface area (Å²) in [6.07, 6.45) is 5.80. The van der Waals surface area contributed by atoms with Gasteiger partial charge in [0.2, 0.25) is 11.9 Å². The molecule has 0 atom stereocenters. The van der Waals surface area contributed by atoms with Crippen molar-refractivity contribution in [3.63, 3.8) is 0 Å². The number of carbonyl (C=O) groups excluding carboxylic acids is 1. The van der Waals surface area contributed by atoms with Gasteiger partial charge in [-0.3, -0.25) is 4.79 Å². The maximum Gasteiger partial charge on any atom is 0.244 e. The Hall–Kier alpha value is -1.95. The average molecular weight is 303 g/mol. The number of nitrogens with one attached hydrogen (secondary N) is 1. The van der Waals surface area contributed by atoms with Crippen LogP contribution in [0.4, 0.5) is 5.95 Å². The summed E-state index contributed by atoms with van der Waals surface area (Å²) in [5, 5.41) is 2.86. The summed E-state index contributed by atoms with van der Waals surface area (Å²) >= 11 is 0. The molecule has 0 bridgehead atoms. The van der Waals surface area contributed by atoms with Crippen molar-refractivity contribution >= 4 is 11.9 Å². The molecule has 6 heteroatoms. The summed E-state index contributed by atoms with van der Waals surface area (Å²) in [5.41, 5.74) is 1.79. The van der Waals surface area contributed by atoms with E-state index >= 15 is 0 Å². The molecule has 2 heterocycles. The molecule has 0 unspecified atom stereocenters. The van der Waals surface area contributed by atoms with Crippen molar-refractivity contribution in [2.24, 2.45) is 0 Å². The number of nitrogens with zero attached hydrogens (tertiary/aromatic N) is 4. The minimum absolute atomic E-state index is 0.0964. The summed E-state index contributed by atoms with van der Waals surface area (Å²) in [4.78, 5) is 25.0. The van der Waals surface area contributed by atoms with Crippen molar-refractivity contribution in [1.29, 1.82) is 0 Å². The lowest BCUT2D eigenvalue weighted by Crippen LogP contribution is -2.24. The second kappa shape index (κ2) is 7.89. The molecule has 1 N–H and O–H groups in total. The number of amides is 1. The van der Waals surface area contributed by atoms with Crippen LogP contribution in [-0.4, -0.2) is 54.5 Å². The van der Waals surface area contributed by atoms with Gasteiger partial charge in [0.15, 0.2) is 0 Å². The van der Waals surface area contributed by atoms with Gasteiger partial charge in [0, 0.05) is 31.4 Å². The highest BCUT2D eigenvalue weighted by Gasteiger charge is 2.15. The minimum atomic E-state index is -0.0964. The zero-order valence-electron chi connectivity index (χ0n) is 13.7. The molecule has 0 aliphatic carbocycles. The highest BCUT2D eigenvalue weighted by molar-refractivity contribution is 5.87. The topological polar surface area (TPSA) is 61.4 Å². The fraction of sp³-hybridized carbons (Fsp3) is 0.562. The first-order valence-corrected chi connectivity index (χ1v) is 7.73. The van der Waals surface area contributed by atoms with Crippen molar-refractivity contribution in [2.75, 3.05) is 38.6 Å². The Morgan fingerprint density at radius 3 is 2.77 bits per heavy atom. The summed E-state index contributed by atoms with van der Waals surface area (Å²) in [6, 6.07) is 1.92. The number of rotatable bonds is 6. The van der Waals surface area contributed by atoms with E-state index in [0.29, 0.717) is 6.54 Å². The number of hydrogen-bond acceptors (Lipinski definition) is 5.